The molecule has 2 unspecified atom stereocenters. The van der Waals surface area contributed by atoms with Crippen LogP contribution in [0.3, 0.4) is 0 Å². The Balaban J connectivity index is 1.87. The molecule has 1 aromatic rings. The lowest BCUT2D eigenvalue weighted by atomic mass is 9.89. The topological polar surface area (TPSA) is 75.8 Å². The summed E-state index contributed by atoms with van der Waals surface area (Å²) in [6.45, 7) is 1.14. The van der Waals surface area contributed by atoms with Gasteiger partial charge in [0.15, 0.2) is 5.75 Å². The molecular formula is C15H20N2O3. The van der Waals surface area contributed by atoms with Gasteiger partial charge in [-0.2, -0.15) is 0 Å². The first-order valence-corrected chi connectivity index (χ1v) is 7.18. The van der Waals surface area contributed by atoms with Gasteiger partial charge in [-0.25, -0.2) is 0 Å². The van der Waals surface area contributed by atoms with Gasteiger partial charge in [-0.3, -0.25) is 4.79 Å². The second kappa shape index (κ2) is 5.32. The first kappa shape index (κ1) is 13.2. The van der Waals surface area contributed by atoms with Crippen molar-refractivity contribution in [3.63, 3.8) is 0 Å². The summed E-state index contributed by atoms with van der Waals surface area (Å²) in [7, 11) is 0. The first-order valence-electron chi connectivity index (χ1n) is 7.18. The summed E-state index contributed by atoms with van der Waals surface area (Å²) in [5, 5.41) is 9.99. The smallest absolute Gasteiger partial charge is 0.258 e. The maximum absolute atomic E-state index is 12.7. The average Bonchev–Trinajstić information content (AvgIpc) is 2.49. The van der Waals surface area contributed by atoms with Crippen molar-refractivity contribution in [2.45, 2.75) is 37.8 Å². The molecule has 0 aromatic heterocycles. The number of ether oxygens (including phenoxy) is 1. The predicted octanol–water partition coefficient (Wildman–Crippen LogP) is 1.76. The second-order valence-electron chi connectivity index (χ2n) is 5.50. The van der Waals surface area contributed by atoms with Gasteiger partial charge in [0, 0.05) is 6.54 Å². The van der Waals surface area contributed by atoms with E-state index in [1.807, 2.05) is 4.90 Å². The summed E-state index contributed by atoms with van der Waals surface area (Å²) in [6.07, 6.45) is 4.41. The van der Waals surface area contributed by atoms with E-state index in [4.69, 9.17) is 10.5 Å². The number of para-hydroxylation sites is 1. The molecule has 108 valence electrons. The maximum Gasteiger partial charge on any atom is 0.258 e. The highest BCUT2D eigenvalue weighted by molar-refractivity contribution is 5.98. The number of amides is 1. The van der Waals surface area contributed by atoms with Crippen molar-refractivity contribution < 1.29 is 14.6 Å². The lowest BCUT2D eigenvalue weighted by molar-refractivity contribution is -0.0753. The average molecular weight is 276 g/mol. The zero-order valence-corrected chi connectivity index (χ0v) is 11.4. The molecule has 5 heteroatoms. The maximum atomic E-state index is 12.7. The fourth-order valence-corrected chi connectivity index (χ4v) is 3.24. The van der Waals surface area contributed by atoms with Gasteiger partial charge in [-0.05, 0) is 25.0 Å². The standard InChI is InChI=1S/C15H20N2O3/c16-11-5-3-4-10(14(11)18)15(19)17-8-9-20-13-7-2-1-6-12(13)17/h3-5,12-13,18H,1-2,6-9,16H2. The number of phenolic OH excluding ortho intramolecular Hbond substituents is 1. The Kier molecular flexibility index (Phi) is 3.53. The number of hydrogen-bond acceptors (Lipinski definition) is 4. The van der Waals surface area contributed by atoms with E-state index in [9.17, 15) is 9.90 Å². The van der Waals surface area contributed by atoms with Gasteiger partial charge in [0.1, 0.15) is 0 Å². The minimum atomic E-state index is -0.144. The van der Waals surface area contributed by atoms with E-state index in [1.165, 1.54) is 0 Å². The van der Waals surface area contributed by atoms with Gasteiger partial charge >= 0.3 is 0 Å². The van der Waals surface area contributed by atoms with Crippen LogP contribution in [-0.4, -0.2) is 41.2 Å². The molecule has 3 N–H and O–H groups in total. The van der Waals surface area contributed by atoms with E-state index < -0.39 is 0 Å². The van der Waals surface area contributed by atoms with Crippen LogP contribution in [0.1, 0.15) is 36.0 Å². The molecule has 0 spiro atoms. The Labute approximate surface area is 118 Å². The summed E-state index contributed by atoms with van der Waals surface area (Å²) in [5.41, 5.74) is 6.20. The van der Waals surface area contributed by atoms with Crippen LogP contribution in [0.5, 0.6) is 5.75 Å². The Bertz CT molecular complexity index is 516. The fraction of sp³-hybridized carbons (Fsp3) is 0.533. The molecule has 3 rings (SSSR count). The largest absolute Gasteiger partial charge is 0.505 e. The Hall–Kier alpha value is -1.75. The molecule has 1 saturated carbocycles. The highest BCUT2D eigenvalue weighted by atomic mass is 16.5. The first-order chi connectivity index (χ1) is 9.68. The van der Waals surface area contributed by atoms with Crippen LogP contribution in [0.2, 0.25) is 0 Å². The third-order valence-electron chi connectivity index (χ3n) is 4.29. The molecule has 1 aliphatic carbocycles. The van der Waals surface area contributed by atoms with Gasteiger partial charge in [-0.15, -0.1) is 0 Å². The third-order valence-corrected chi connectivity index (χ3v) is 4.29. The number of rotatable bonds is 1. The molecule has 1 aromatic carbocycles. The molecule has 0 bridgehead atoms. The number of fused-ring (bicyclic) bond motifs is 1. The monoisotopic (exact) mass is 276 g/mol. The normalized spacial score (nSPS) is 26.1. The van der Waals surface area contributed by atoms with Crippen LogP contribution in [0, 0.1) is 0 Å². The molecule has 2 aliphatic rings. The molecule has 1 amide bonds. The zero-order chi connectivity index (χ0) is 14.1. The van der Waals surface area contributed by atoms with Gasteiger partial charge in [0.2, 0.25) is 0 Å². The number of nitrogens with two attached hydrogens (primary N) is 1. The number of phenols is 1. The minimum absolute atomic E-state index is 0.114. The van der Waals surface area contributed by atoms with Crippen LogP contribution in [0.4, 0.5) is 5.69 Å². The molecule has 1 aliphatic heterocycles. The van der Waals surface area contributed by atoms with Crippen molar-refractivity contribution in [2.75, 3.05) is 18.9 Å². The highest BCUT2D eigenvalue weighted by Gasteiger charge is 2.37. The fourth-order valence-electron chi connectivity index (χ4n) is 3.24. The van der Waals surface area contributed by atoms with E-state index in [1.54, 1.807) is 18.2 Å². The Morgan fingerprint density at radius 3 is 3.00 bits per heavy atom. The molecule has 2 atom stereocenters. The van der Waals surface area contributed by atoms with Crippen molar-refractivity contribution in [1.29, 1.82) is 0 Å². The van der Waals surface area contributed by atoms with Crippen LogP contribution < -0.4 is 5.73 Å². The van der Waals surface area contributed by atoms with E-state index in [2.05, 4.69) is 0 Å². The van der Waals surface area contributed by atoms with Crippen molar-refractivity contribution in [3.05, 3.63) is 23.8 Å². The molecule has 1 heterocycles. The molecule has 2 fully saturated rings. The minimum Gasteiger partial charge on any atom is -0.505 e. The van der Waals surface area contributed by atoms with Crippen LogP contribution in [-0.2, 0) is 4.74 Å². The molecular weight excluding hydrogens is 256 g/mol. The quantitative estimate of drug-likeness (QED) is 0.605. The third kappa shape index (κ3) is 2.22. The van der Waals surface area contributed by atoms with Crippen molar-refractivity contribution in [2.24, 2.45) is 0 Å². The Morgan fingerprint density at radius 1 is 1.35 bits per heavy atom. The number of anilines is 1. The van der Waals surface area contributed by atoms with Gasteiger partial charge in [0.25, 0.3) is 5.91 Å². The summed E-state index contributed by atoms with van der Waals surface area (Å²) in [4.78, 5) is 14.5. The number of aromatic hydroxyl groups is 1. The summed E-state index contributed by atoms with van der Waals surface area (Å²) in [5.74, 6) is -0.258. The number of benzene rings is 1. The van der Waals surface area contributed by atoms with Gasteiger partial charge < -0.3 is 20.5 Å². The van der Waals surface area contributed by atoms with E-state index in [-0.39, 0.29) is 35.1 Å². The highest BCUT2D eigenvalue weighted by Crippen LogP contribution is 2.32. The summed E-state index contributed by atoms with van der Waals surface area (Å²) in [6, 6.07) is 5.04. The van der Waals surface area contributed by atoms with Gasteiger partial charge in [-0.1, -0.05) is 18.9 Å². The number of hydrogen-bond donors (Lipinski definition) is 2. The number of nitrogens with zero attached hydrogens (tertiary/aromatic N) is 1. The van der Waals surface area contributed by atoms with Crippen molar-refractivity contribution >= 4 is 11.6 Å². The molecule has 20 heavy (non-hydrogen) atoms. The number of carbonyl (C=O) groups excluding carboxylic acids is 1. The SMILES string of the molecule is Nc1cccc(C(=O)N2CCOC3CCCCC32)c1O. The van der Waals surface area contributed by atoms with E-state index in [0.29, 0.717) is 13.2 Å². The van der Waals surface area contributed by atoms with Crippen LogP contribution >= 0.6 is 0 Å². The summed E-state index contributed by atoms with van der Waals surface area (Å²) >= 11 is 0. The molecule has 0 radical (unpaired) electrons. The van der Waals surface area contributed by atoms with E-state index >= 15 is 0 Å². The second-order valence-corrected chi connectivity index (χ2v) is 5.50. The predicted molar refractivity (Wildman–Crippen MR) is 75.6 cm³/mol. The van der Waals surface area contributed by atoms with Crippen LogP contribution in [0.15, 0.2) is 18.2 Å². The van der Waals surface area contributed by atoms with Crippen molar-refractivity contribution in [3.8, 4) is 5.75 Å². The van der Waals surface area contributed by atoms with Gasteiger partial charge in [0.05, 0.1) is 30.0 Å². The molecule has 1 saturated heterocycles. The summed E-state index contributed by atoms with van der Waals surface area (Å²) < 4.78 is 5.77. The van der Waals surface area contributed by atoms with E-state index in [0.717, 1.165) is 25.7 Å². The number of nitrogen functional groups attached to an aromatic ring is 1. The Morgan fingerprint density at radius 2 is 2.15 bits per heavy atom. The lowest BCUT2D eigenvalue weighted by Crippen LogP contribution is -2.54. The van der Waals surface area contributed by atoms with Crippen LogP contribution in [0.25, 0.3) is 0 Å². The van der Waals surface area contributed by atoms with Crippen molar-refractivity contribution in [1.82, 2.24) is 4.90 Å². The zero-order valence-electron chi connectivity index (χ0n) is 11.4. The number of carbonyl (C=O) groups is 1. The lowest BCUT2D eigenvalue weighted by Gasteiger charge is -2.43. The molecule has 5 nitrogen and oxygen atoms in total. The number of morpholine rings is 1.